The molecule has 0 bridgehead atoms. The number of halogens is 2. The van der Waals surface area contributed by atoms with Crippen LogP contribution in [0.1, 0.15) is 11.1 Å². The van der Waals surface area contributed by atoms with Gasteiger partial charge in [0, 0.05) is 11.6 Å². The Kier molecular flexibility index (Phi) is 6.80. The molecule has 2 rings (SSSR count). The summed E-state index contributed by atoms with van der Waals surface area (Å²) in [6.45, 7) is 0.210. The van der Waals surface area contributed by atoms with Crippen LogP contribution in [0, 0.1) is 0 Å². The molecule has 25 heavy (non-hydrogen) atoms. The van der Waals surface area contributed by atoms with Crippen molar-refractivity contribution >= 4 is 41.2 Å². The number of rotatable bonds is 5. The van der Waals surface area contributed by atoms with Crippen molar-refractivity contribution in [2.24, 2.45) is 5.10 Å². The number of nitrogens with zero attached hydrogens (tertiary/aromatic N) is 1. The van der Waals surface area contributed by atoms with Crippen LogP contribution in [0.25, 0.3) is 0 Å². The summed E-state index contributed by atoms with van der Waals surface area (Å²) in [5.41, 5.74) is 3.61. The molecular weight excluding hydrogens is 365 g/mol. The zero-order chi connectivity index (χ0) is 18.2. The molecule has 0 spiro atoms. The molecule has 0 aliphatic heterocycles. The molecule has 0 unspecified atom stereocenters. The number of benzene rings is 2. The highest BCUT2D eigenvalue weighted by Gasteiger charge is 2.11. The summed E-state index contributed by atoms with van der Waals surface area (Å²) >= 11 is 11.8. The van der Waals surface area contributed by atoms with Crippen LogP contribution in [0.4, 0.5) is 0 Å². The van der Waals surface area contributed by atoms with Crippen LogP contribution in [0.15, 0.2) is 47.6 Å². The Balaban J connectivity index is 1.83. The SMILES string of the molecule is COc1ccc(/C=N\NC(=O)C(=O)NCc2ccc(Cl)cc2)cc1Cl. The standard InChI is InChI=1S/C17H15Cl2N3O3/c1-25-15-7-4-12(8-14(15)19)10-21-22-17(24)16(23)20-9-11-2-5-13(18)6-3-11/h2-8,10H,9H2,1H3,(H,20,23)(H,22,24)/b21-10-. The normalized spacial score (nSPS) is 10.5. The molecular formula is C17H15Cl2N3O3. The van der Waals surface area contributed by atoms with E-state index < -0.39 is 11.8 Å². The number of carbonyl (C=O) groups is 2. The zero-order valence-corrected chi connectivity index (χ0v) is 14.8. The largest absolute Gasteiger partial charge is 0.495 e. The lowest BCUT2D eigenvalue weighted by Crippen LogP contribution is -2.37. The molecule has 0 saturated heterocycles. The number of nitrogens with one attached hydrogen (secondary N) is 2. The van der Waals surface area contributed by atoms with E-state index in [4.69, 9.17) is 27.9 Å². The molecule has 0 saturated carbocycles. The fraction of sp³-hybridized carbons (Fsp3) is 0.118. The summed E-state index contributed by atoms with van der Waals surface area (Å²) in [6, 6.07) is 11.9. The van der Waals surface area contributed by atoms with Crippen LogP contribution in [0.2, 0.25) is 10.0 Å². The number of hydrogen-bond donors (Lipinski definition) is 2. The first-order valence-electron chi connectivity index (χ1n) is 7.19. The molecule has 0 radical (unpaired) electrons. The Morgan fingerprint density at radius 3 is 2.48 bits per heavy atom. The number of amides is 2. The fourth-order valence-electron chi connectivity index (χ4n) is 1.84. The van der Waals surface area contributed by atoms with Gasteiger partial charge < -0.3 is 10.1 Å². The van der Waals surface area contributed by atoms with Crippen molar-refractivity contribution in [1.82, 2.24) is 10.7 Å². The van der Waals surface area contributed by atoms with E-state index in [1.54, 1.807) is 42.5 Å². The van der Waals surface area contributed by atoms with Crippen molar-refractivity contribution < 1.29 is 14.3 Å². The highest BCUT2D eigenvalue weighted by atomic mass is 35.5. The minimum absolute atomic E-state index is 0.210. The van der Waals surface area contributed by atoms with E-state index in [0.717, 1.165) is 5.56 Å². The van der Waals surface area contributed by atoms with Gasteiger partial charge in [-0.3, -0.25) is 9.59 Å². The lowest BCUT2D eigenvalue weighted by molar-refractivity contribution is -0.139. The van der Waals surface area contributed by atoms with Crippen LogP contribution < -0.4 is 15.5 Å². The average molecular weight is 380 g/mol. The molecule has 2 N–H and O–H groups in total. The molecule has 2 aromatic carbocycles. The van der Waals surface area contributed by atoms with Gasteiger partial charge in [-0.25, -0.2) is 5.43 Å². The van der Waals surface area contributed by atoms with E-state index in [1.165, 1.54) is 13.3 Å². The van der Waals surface area contributed by atoms with Gasteiger partial charge in [0.05, 0.1) is 18.3 Å². The van der Waals surface area contributed by atoms with Crippen LogP contribution in [-0.2, 0) is 16.1 Å². The van der Waals surface area contributed by atoms with E-state index in [1.807, 2.05) is 0 Å². The maximum atomic E-state index is 11.7. The van der Waals surface area contributed by atoms with Crippen LogP contribution >= 0.6 is 23.2 Å². The molecule has 6 nitrogen and oxygen atoms in total. The highest BCUT2D eigenvalue weighted by molar-refractivity contribution is 6.35. The Bertz CT molecular complexity index is 792. The predicted octanol–water partition coefficient (Wildman–Crippen LogP) is 2.77. The highest BCUT2D eigenvalue weighted by Crippen LogP contribution is 2.24. The fourth-order valence-corrected chi connectivity index (χ4v) is 2.24. The Hall–Kier alpha value is -2.57. The van der Waals surface area contributed by atoms with Gasteiger partial charge in [0.1, 0.15) is 5.75 Å². The van der Waals surface area contributed by atoms with E-state index in [2.05, 4.69) is 15.8 Å². The molecule has 2 amide bonds. The van der Waals surface area contributed by atoms with Crippen LogP contribution in [0.5, 0.6) is 5.75 Å². The first-order valence-corrected chi connectivity index (χ1v) is 7.94. The number of carbonyl (C=O) groups excluding carboxylic acids is 2. The first-order chi connectivity index (χ1) is 12.0. The van der Waals surface area contributed by atoms with Gasteiger partial charge in [0.25, 0.3) is 0 Å². The number of hydrogen-bond acceptors (Lipinski definition) is 4. The summed E-state index contributed by atoms with van der Waals surface area (Å²) in [7, 11) is 1.51. The summed E-state index contributed by atoms with van der Waals surface area (Å²) < 4.78 is 5.04. The Morgan fingerprint density at radius 1 is 1.12 bits per heavy atom. The summed E-state index contributed by atoms with van der Waals surface area (Å²) in [5.74, 6) is -1.13. The third kappa shape index (κ3) is 5.77. The summed E-state index contributed by atoms with van der Waals surface area (Å²) in [5, 5.41) is 7.22. The maximum absolute atomic E-state index is 11.7. The molecule has 8 heteroatoms. The molecule has 0 heterocycles. The predicted molar refractivity (Wildman–Crippen MR) is 97.0 cm³/mol. The third-order valence-corrected chi connectivity index (χ3v) is 3.68. The molecule has 2 aromatic rings. The van der Waals surface area contributed by atoms with Gasteiger partial charge in [-0.1, -0.05) is 35.3 Å². The van der Waals surface area contributed by atoms with Crippen molar-refractivity contribution in [1.29, 1.82) is 0 Å². The van der Waals surface area contributed by atoms with E-state index >= 15 is 0 Å². The van der Waals surface area contributed by atoms with Gasteiger partial charge in [-0.15, -0.1) is 0 Å². The molecule has 0 aromatic heterocycles. The van der Waals surface area contributed by atoms with Gasteiger partial charge in [0.2, 0.25) is 0 Å². The second-order valence-corrected chi connectivity index (χ2v) is 5.75. The molecule has 0 fully saturated rings. The van der Waals surface area contributed by atoms with Crippen molar-refractivity contribution in [2.75, 3.05) is 7.11 Å². The minimum Gasteiger partial charge on any atom is -0.495 e. The van der Waals surface area contributed by atoms with E-state index in [9.17, 15) is 9.59 Å². The van der Waals surface area contributed by atoms with Crippen molar-refractivity contribution in [3.05, 3.63) is 63.6 Å². The minimum atomic E-state index is -0.871. The molecule has 0 aliphatic carbocycles. The zero-order valence-electron chi connectivity index (χ0n) is 13.3. The smallest absolute Gasteiger partial charge is 0.329 e. The lowest BCUT2D eigenvalue weighted by Gasteiger charge is -2.04. The maximum Gasteiger partial charge on any atom is 0.329 e. The van der Waals surface area contributed by atoms with E-state index in [-0.39, 0.29) is 6.54 Å². The Labute approximate surface area is 154 Å². The van der Waals surface area contributed by atoms with Crippen molar-refractivity contribution in [3.63, 3.8) is 0 Å². The monoisotopic (exact) mass is 379 g/mol. The number of ether oxygens (including phenoxy) is 1. The topological polar surface area (TPSA) is 79.8 Å². The second kappa shape index (κ2) is 9.05. The summed E-state index contributed by atoms with van der Waals surface area (Å²) in [6.07, 6.45) is 1.37. The lowest BCUT2D eigenvalue weighted by atomic mass is 10.2. The third-order valence-electron chi connectivity index (χ3n) is 3.13. The first kappa shape index (κ1) is 18.8. The van der Waals surface area contributed by atoms with E-state index in [0.29, 0.717) is 21.4 Å². The van der Waals surface area contributed by atoms with Gasteiger partial charge in [-0.2, -0.15) is 5.10 Å². The number of hydrazone groups is 1. The second-order valence-electron chi connectivity index (χ2n) is 4.90. The Morgan fingerprint density at radius 2 is 1.84 bits per heavy atom. The van der Waals surface area contributed by atoms with Crippen LogP contribution in [-0.4, -0.2) is 25.1 Å². The quantitative estimate of drug-likeness (QED) is 0.476. The van der Waals surface area contributed by atoms with Gasteiger partial charge in [0.15, 0.2) is 0 Å². The molecule has 0 atom stereocenters. The molecule has 0 aliphatic rings. The number of methoxy groups -OCH3 is 1. The van der Waals surface area contributed by atoms with Gasteiger partial charge >= 0.3 is 11.8 Å². The van der Waals surface area contributed by atoms with Crippen molar-refractivity contribution in [2.45, 2.75) is 6.54 Å². The van der Waals surface area contributed by atoms with Gasteiger partial charge in [-0.05, 0) is 41.5 Å². The molecule has 130 valence electrons. The summed E-state index contributed by atoms with van der Waals surface area (Å²) in [4.78, 5) is 23.4. The van der Waals surface area contributed by atoms with Crippen LogP contribution in [0.3, 0.4) is 0 Å². The average Bonchev–Trinajstić information content (AvgIpc) is 2.61. The van der Waals surface area contributed by atoms with Crippen molar-refractivity contribution in [3.8, 4) is 5.75 Å².